The quantitative estimate of drug-likeness (QED) is 0.344. The summed E-state index contributed by atoms with van der Waals surface area (Å²) in [5.74, 6) is -1.84. The molecule has 0 fully saturated rings. The molecular formula is C26H25F2N7O4. The second-order valence-corrected chi connectivity index (χ2v) is 8.77. The number of aryl methyl sites for hydroxylation is 2. The van der Waals surface area contributed by atoms with Crippen LogP contribution in [-0.2, 0) is 24.9 Å². The third kappa shape index (κ3) is 4.50. The molecule has 0 atom stereocenters. The molecule has 0 spiro atoms. The van der Waals surface area contributed by atoms with E-state index in [1.807, 2.05) is 13.1 Å². The third-order valence-electron chi connectivity index (χ3n) is 6.30. The fourth-order valence-electron chi connectivity index (χ4n) is 4.49. The van der Waals surface area contributed by atoms with Crippen LogP contribution in [0.3, 0.4) is 0 Å². The van der Waals surface area contributed by atoms with Crippen LogP contribution in [0.1, 0.15) is 16.8 Å². The number of anilines is 3. The van der Waals surface area contributed by atoms with Crippen molar-refractivity contribution < 1.29 is 27.8 Å². The van der Waals surface area contributed by atoms with Gasteiger partial charge in [0.05, 0.1) is 56.8 Å². The van der Waals surface area contributed by atoms with Crippen molar-refractivity contribution in [2.24, 2.45) is 7.05 Å². The largest absolute Gasteiger partial charge is 0.494 e. The molecule has 0 saturated carbocycles. The summed E-state index contributed by atoms with van der Waals surface area (Å²) in [6.45, 7) is 1.53. The number of halogens is 2. The highest BCUT2D eigenvalue weighted by molar-refractivity contribution is 6.10. The van der Waals surface area contributed by atoms with Gasteiger partial charge in [-0.25, -0.2) is 28.4 Å². The van der Waals surface area contributed by atoms with E-state index in [1.54, 1.807) is 24.0 Å². The van der Waals surface area contributed by atoms with Gasteiger partial charge >= 0.3 is 6.03 Å². The Balaban J connectivity index is 1.70. The lowest BCUT2D eigenvalue weighted by Crippen LogP contribution is -2.46. The van der Waals surface area contributed by atoms with Gasteiger partial charge in [-0.1, -0.05) is 0 Å². The zero-order valence-electron chi connectivity index (χ0n) is 21.9. The highest BCUT2D eigenvalue weighted by atomic mass is 19.1. The van der Waals surface area contributed by atoms with Crippen molar-refractivity contribution in [3.8, 4) is 22.9 Å². The highest BCUT2D eigenvalue weighted by Crippen LogP contribution is 2.41. The van der Waals surface area contributed by atoms with Crippen LogP contribution in [0.5, 0.6) is 11.6 Å². The van der Waals surface area contributed by atoms with Crippen LogP contribution < -0.4 is 19.3 Å². The van der Waals surface area contributed by atoms with Crippen LogP contribution in [0.15, 0.2) is 36.9 Å². The molecule has 2 amide bonds. The van der Waals surface area contributed by atoms with Crippen molar-refractivity contribution in [2.45, 2.75) is 20.1 Å². The molecule has 1 aliphatic heterocycles. The minimum Gasteiger partial charge on any atom is -0.494 e. The van der Waals surface area contributed by atoms with Crippen LogP contribution in [0, 0.1) is 18.6 Å². The molecule has 4 heterocycles. The Morgan fingerprint density at radius 3 is 2.41 bits per heavy atom. The number of hydrogen-bond acceptors (Lipinski definition) is 8. The first kappa shape index (κ1) is 26.0. The summed E-state index contributed by atoms with van der Waals surface area (Å²) in [5.41, 5.74) is 2.49. The zero-order chi connectivity index (χ0) is 27.8. The predicted octanol–water partition coefficient (Wildman–Crippen LogP) is 4.30. The number of aromatic nitrogens is 5. The minimum absolute atomic E-state index is 0.0284. The molecule has 0 bridgehead atoms. The van der Waals surface area contributed by atoms with E-state index in [0.29, 0.717) is 16.9 Å². The molecule has 0 radical (unpaired) electrons. The number of carbonyl (C=O) groups excluding carboxylic acids is 1. The lowest BCUT2D eigenvalue weighted by Gasteiger charge is -2.36. The fourth-order valence-corrected chi connectivity index (χ4v) is 4.49. The van der Waals surface area contributed by atoms with Crippen LogP contribution in [0.2, 0.25) is 0 Å². The lowest BCUT2D eigenvalue weighted by molar-refractivity contribution is 0.181. The molecule has 0 saturated heterocycles. The van der Waals surface area contributed by atoms with E-state index in [1.165, 1.54) is 44.7 Å². The summed E-state index contributed by atoms with van der Waals surface area (Å²) >= 11 is 0. The molecule has 0 aliphatic carbocycles. The van der Waals surface area contributed by atoms with E-state index >= 15 is 8.78 Å². The maximum atomic E-state index is 15.7. The standard InChI is InChI=1S/C26H25F2N7O4/c1-14-17(12-33(2)32-14)18-7-19-16(8-29-18)11-34(26(36)35(19)21-9-31-22(39-5)10-30-21)25-23(27)15(13-37-3)6-20(38-4)24(25)28/h6-10,12H,11,13H2,1-5H3. The van der Waals surface area contributed by atoms with Gasteiger partial charge in [-0.05, 0) is 19.1 Å². The Bertz CT molecular complexity index is 1560. The van der Waals surface area contributed by atoms with Crippen molar-refractivity contribution >= 4 is 23.2 Å². The predicted molar refractivity (Wildman–Crippen MR) is 137 cm³/mol. The van der Waals surface area contributed by atoms with Crippen molar-refractivity contribution in [1.82, 2.24) is 24.7 Å². The van der Waals surface area contributed by atoms with E-state index in [0.717, 1.165) is 16.2 Å². The van der Waals surface area contributed by atoms with Crippen LogP contribution in [0.4, 0.5) is 30.8 Å². The Morgan fingerprint density at radius 2 is 1.79 bits per heavy atom. The number of benzene rings is 1. The number of rotatable bonds is 7. The number of fused-ring (bicyclic) bond motifs is 1. The first-order valence-corrected chi connectivity index (χ1v) is 11.8. The van der Waals surface area contributed by atoms with Crippen LogP contribution in [-0.4, -0.2) is 52.1 Å². The molecule has 1 aliphatic rings. The summed E-state index contributed by atoms with van der Waals surface area (Å²) in [6, 6.07) is 2.17. The van der Waals surface area contributed by atoms with Crippen molar-refractivity contribution in [1.29, 1.82) is 0 Å². The fraction of sp³-hybridized carbons (Fsp3) is 0.269. The first-order valence-electron chi connectivity index (χ1n) is 11.8. The molecule has 5 rings (SSSR count). The second-order valence-electron chi connectivity index (χ2n) is 8.77. The van der Waals surface area contributed by atoms with Gasteiger partial charge < -0.3 is 14.2 Å². The second kappa shape index (κ2) is 10.3. The summed E-state index contributed by atoms with van der Waals surface area (Å²) < 4.78 is 48.2. The number of pyridine rings is 1. The van der Waals surface area contributed by atoms with Gasteiger partial charge in [0.2, 0.25) is 5.88 Å². The minimum atomic E-state index is -1.03. The van der Waals surface area contributed by atoms with Gasteiger partial charge in [0.15, 0.2) is 23.2 Å². The number of hydrogen-bond donors (Lipinski definition) is 0. The Hall–Kier alpha value is -4.65. The van der Waals surface area contributed by atoms with Gasteiger partial charge in [0.25, 0.3) is 0 Å². The lowest BCUT2D eigenvalue weighted by atomic mass is 10.1. The van der Waals surface area contributed by atoms with Gasteiger partial charge in [-0.15, -0.1) is 0 Å². The molecule has 39 heavy (non-hydrogen) atoms. The molecule has 0 unspecified atom stereocenters. The highest BCUT2D eigenvalue weighted by Gasteiger charge is 2.38. The number of ether oxygens (including phenoxy) is 3. The van der Waals surface area contributed by atoms with Crippen LogP contribution in [0.25, 0.3) is 11.3 Å². The smallest absolute Gasteiger partial charge is 0.335 e. The van der Waals surface area contributed by atoms with Gasteiger partial charge in [-0.3, -0.25) is 14.6 Å². The van der Waals surface area contributed by atoms with E-state index in [4.69, 9.17) is 14.2 Å². The molecule has 4 aromatic rings. The van der Waals surface area contributed by atoms with E-state index in [-0.39, 0.29) is 36.2 Å². The van der Waals surface area contributed by atoms with Gasteiger partial charge in [0.1, 0.15) is 5.69 Å². The number of amides is 2. The summed E-state index contributed by atoms with van der Waals surface area (Å²) in [6.07, 6.45) is 6.06. The number of carbonyl (C=O) groups is 1. The average Bonchev–Trinajstić information content (AvgIpc) is 3.28. The number of urea groups is 1. The Labute approximate surface area is 222 Å². The summed E-state index contributed by atoms with van der Waals surface area (Å²) in [7, 11) is 5.88. The monoisotopic (exact) mass is 537 g/mol. The maximum Gasteiger partial charge on any atom is 0.335 e. The molecule has 1 aromatic carbocycles. The van der Waals surface area contributed by atoms with E-state index < -0.39 is 23.4 Å². The van der Waals surface area contributed by atoms with E-state index in [9.17, 15) is 4.79 Å². The number of nitrogens with zero attached hydrogens (tertiary/aromatic N) is 7. The first-order chi connectivity index (χ1) is 18.8. The van der Waals surface area contributed by atoms with Crippen molar-refractivity contribution in [3.05, 3.63) is 65.4 Å². The molecule has 3 aromatic heterocycles. The third-order valence-corrected chi connectivity index (χ3v) is 6.30. The van der Waals surface area contributed by atoms with Crippen molar-refractivity contribution in [2.75, 3.05) is 31.1 Å². The van der Waals surface area contributed by atoms with Crippen molar-refractivity contribution in [3.63, 3.8) is 0 Å². The molecule has 11 nitrogen and oxygen atoms in total. The topological polar surface area (TPSA) is 108 Å². The summed E-state index contributed by atoms with van der Waals surface area (Å²) in [5, 5.41) is 4.37. The Morgan fingerprint density at radius 1 is 1.00 bits per heavy atom. The van der Waals surface area contributed by atoms with Gasteiger partial charge in [0, 0.05) is 43.2 Å². The SMILES string of the molecule is COCc1cc(OC)c(F)c(N2Cc3cnc(-c4cn(C)nc4C)cc3N(c3cnc(OC)cn3)C2=O)c1F. The zero-order valence-corrected chi connectivity index (χ0v) is 21.9. The van der Waals surface area contributed by atoms with E-state index in [2.05, 4.69) is 20.1 Å². The normalized spacial score (nSPS) is 13.1. The molecular weight excluding hydrogens is 512 g/mol. The van der Waals surface area contributed by atoms with Crippen LogP contribution >= 0.6 is 0 Å². The van der Waals surface area contributed by atoms with Gasteiger partial charge in [-0.2, -0.15) is 5.10 Å². The molecule has 13 heteroatoms. The maximum absolute atomic E-state index is 15.7. The molecule has 202 valence electrons. The summed E-state index contributed by atoms with van der Waals surface area (Å²) in [4.78, 5) is 29.3. The average molecular weight is 538 g/mol. The molecule has 0 N–H and O–H groups in total. The number of methoxy groups -OCH3 is 3. The Kier molecular flexibility index (Phi) is 6.83.